The molecule has 0 aliphatic carbocycles. The SMILES string of the molecule is COc1ccccc1N(CC(=O)N/N=C\c1ccc(OCc2cccc(Cl)c2)cc1)S(C)(=O)=O. The molecule has 0 heterocycles. The minimum Gasteiger partial charge on any atom is -0.495 e. The lowest BCUT2D eigenvalue weighted by Gasteiger charge is -2.23. The zero-order valence-corrected chi connectivity index (χ0v) is 20.2. The van der Waals surface area contributed by atoms with Crippen LogP contribution in [0, 0.1) is 0 Å². The number of halogens is 1. The van der Waals surface area contributed by atoms with Crippen molar-refractivity contribution in [1.29, 1.82) is 0 Å². The van der Waals surface area contributed by atoms with Crippen LogP contribution in [0.2, 0.25) is 5.02 Å². The van der Waals surface area contributed by atoms with Gasteiger partial charge in [-0.15, -0.1) is 0 Å². The van der Waals surface area contributed by atoms with E-state index in [1.165, 1.54) is 13.3 Å². The second kappa shape index (κ2) is 11.5. The molecule has 0 aromatic heterocycles. The molecule has 178 valence electrons. The predicted octanol–water partition coefficient (Wildman–Crippen LogP) is 3.84. The van der Waals surface area contributed by atoms with Crippen LogP contribution in [0.25, 0.3) is 0 Å². The smallest absolute Gasteiger partial charge is 0.260 e. The van der Waals surface area contributed by atoms with E-state index in [2.05, 4.69) is 10.5 Å². The van der Waals surface area contributed by atoms with Crippen molar-refractivity contribution < 1.29 is 22.7 Å². The van der Waals surface area contributed by atoms with E-state index < -0.39 is 22.5 Å². The number of nitrogens with zero attached hydrogens (tertiary/aromatic N) is 2. The van der Waals surface area contributed by atoms with E-state index in [1.807, 2.05) is 18.2 Å². The number of methoxy groups -OCH3 is 1. The Morgan fingerprint density at radius 1 is 1.09 bits per heavy atom. The number of hydrogen-bond acceptors (Lipinski definition) is 6. The third-order valence-electron chi connectivity index (χ3n) is 4.62. The largest absolute Gasteiger partial charge is 0.495 e. The van der Waals surface area contributed by atoms with Crippen LogP contribution in [-0.4, -0.2) is 40.4 Å². The van der Waals surface area contributed by atoms with Gasteiger partial charge in [0.25, 0.3) is 5.91 Å². The molecule has 0 saturated heterocycles. The fourth-order valence-electron chi connectivity index (χ4n) is 3.01. The number of hydrazone groups is 1. The number of carbonyl (C=O) groups excluding carboxylic acids is 1. The van der Waals surface area contributed by atoms with Gasteiger partial charge in [-0.1, -0.05) is 35.9 Å². The average molecular weight is 502 g/mol. The predicted molar refractivity (Wildman–Crippen MR) is 133 cm³/mol. The molecule has 1 amide bonds. The third kappa shape index (κ3) is 7.23. The van der Waals surface area contributed by atoms with Crippen molar-refractivity contribution in [3.05, 3.63) is 88.9 Å². The summed E-state index contributed by atoms with van der Waals surface area (Å²) < 4.78 is 36.4. The number of ether oxygens (including phenoxy) is 2. The summed E-state index contributed by atoms with van der Waals surface area (Å²) in [7, 11) is -2.31. The molecule has 0 aliphatic heterocycles. The lowest BCUT2D eigenvalue weighted by molar-refractivity contribution is -0.119. The molecule has 0 saturated carbocycles. The maximum atomic E-state index is 12.4. The Bertz CT molecular complexity index is 1260. The normalized spacial score (nSPS) is 11.3. The number of para-hydroxylation sites is 2. The van der Waals surface area contributed by atoms with Gasteiger partial charge >= 0.3 is 0 Å². The van der Waals surface area contributed by atoms with Crippen LogP contribution in [-0.2, 0) is 21.4 Å². The fraction of sp³-hybridized carbons (Fsp3) is 0.167. The Morgan fingerprint density at radius 3 is 2.50 bits per heavy atom. The Labute approximate surface area is 203 Å². The molecule has 8 nitrogen and oxygen atoms in total. The van der Waals surface area contributed by atoms with Crippen molar-refractivity contribution in [3.63, 3.8) is 0 Å². The maximum absolute atomic E-state index is 12.4. The van der Waals surface area contributed by atoms with Gasteiger partial charge < -0.3 is 9.47 Å². The Morgan fingerprint density at radius 2 is 1.82 bits per heavy atom. The summed E-state index contributed by atoms with van der Waals surface area (Å²) in [5.74, 6) is 0.401. The molecule has 0 atom stereocenters. The van der Waals surface area contributed by atoms with Gasteiger partial charge in [0.15, 0.2) is 0 Å². The number of nitrogens with one attached hydrogen (secondary N) is 1. The Hall–Kier alpha value is -3.56. The van der Waals surface area contributed by atoms with E-state index in [1.54, 1.807) is 54.6 Å². The van der Waals surface area contributed by atoms with Crippen LogP contribution in [0.15, 0.2) is 77.9 Å². The Kier molecular flexibility index (Phi) is 8.50. The minimum atomic E-state index is -3.74. The summed E-state index contributed by atoms with van der Waals surface area (Å²) in [6.45, 7) is -0.0695. The van der Waals surface area contributed by atoms with Gasteiger partial charge in [0.05, 0.1) is 25.3 Å². The van der Waals surface area contributed by atoms with E-state index in [0.29, 0.717) is 23.1 Å². The average Bonchev–Trinajstić information content (AvgIpc) is 2.81. The van der Waals surface area contributed by atoms with Crippen molar-refractivity contribution in [2.24, 2.45) is 5.10 Å². The number of hydrogen-bond donors (Lipinski definition) is 1. The summed E-state index contributed by atoms with van der Waals surface area (Å²) >= 11 is 5.97. The second-order valence-corrected chi connectivity index (χ2v) is 9.57. The van der Waals surface area contributed by atoms with Gasteiger partial charge in [-0.25, -0.2) is 13.8 Å². The molecule has 3 aromatic rings. The zero-order chi connectivity index (χ0) is 24.6. The Balaban J connectivity index is 1.57. The van der Waals surface area contributed by atoms with Crippen LogP contribution in [0.4, 0.5) is 5.69 Å². The second-order valence-electron chi connectivity index (χ2n) is 7.22. The third-order valence-corrected chi connectivity index (χ3v) is 5.98. The number of rotatable bonds is 10. The van der Waals surface area contributed by atoms with Crippen LogP contribution < -0.4 is 19.2 Å². The molecule has 10 heteroatoms. The highest BCUT2D eigenvalue weighted by Gasteiger charge is 2.23. The van der Waals surface area contributed by atoms with Gasteiger partial charge in [-0.3, -0.25) is 9.10 Å². The van der Waals surface area contributed by atoms with Crippen molar-refractivity contribution in [2.45, 2.75) is 6.61 Å². The zero-order valence-electron chi connectivity index (χ0n) is 18.6. The number of carbonyl (C=O) groups is 1. The molecule has 0 bridgehead atoms. The molecule has 34 heavy (non-hydrogen) atoms. The van der Waals surface area contributed by atoms with E-state index in [0.717, 1.165) is 21.7 Å². The summed E-state index contributed by atoms with van der Waals surface area (Å²) in [6, 6.07) is 21.1. The van der Waals surface area contributed by atoms with E-state index in [9.17, 15) is 13.2 Å². The van der Waals surface area contributed by atoms with Crippen LogP contribution in [0.5, 0.6) is 11.5 Å². The van der Waals surface area contributed by atoms with Crippen LogP contribution >= 0.6 is 11.6 Å². The first-order valence-electron chi connectivity index (χ1n) is 10.2. The first kappa shape index (κ1) is 25.1. The molecular weight excluding hydrogens is 478 g/mol. The van der Waals surface area contributed by atoms with Gasteiger partial charge in [0, 0.05) is 5.02 Å². The number of amides is 1. The summed E-state index contributed by atoms with van der Waals surface area (Å²) in [4.78, 5) is 12.4. The molecule has 3 rings (SSSR count). The molecule has 0 spiro atoms. The highest BCUT2D eigenvalue weighted by Crippen LogP contribution is 2.29. The van der Waals surface area contributed by atoms with E-state index >= 15 is 0 Å². The van der Waals surface area contributed by atoms with Crippen molar-refractivity contribution in [1.82, 2.24) is 5.43 Å². The number of anilines is 1. The quantitative estimate of drug-likeness (QED) is 0.336. The van der Waals surface area contributed by atoms with Crippen molar-refractivity contribution in [2.75, 3.05) is 24.2 Å². The monoisotopic (exact) mass is 501 g/mol. The standard InChI is InChI=1S/C24H24ClN3O5S/c1-32-23-9-4-3-8-22(23)28(34(2,30)31)16-24(29)27-26-15-18-10-12-21(13-11-18)33-17-19-6-5-7-20(25)14-19/h3-15H,16-17H2,1-2H3,(H,27,29)/b26-15-. The van der Waals surface area contributed by atoms with Crippen LogP contribution in [0.3, 0.4) is 0 Å². The molecule has 0 unspecified atom stereocenters. The molecular formula is C24H24ClN3O5S. The molecule has 3 aromatic carbocycles. The lowest BCUT2D eigenvalue weighted by Crippen LogP contribution is -2.39. The van der Waals surface area contributed by atoms with E-state index in [-0.39, 0.29) is 5.69 Å². The van der Waals surface area contributed by atoms with Gasteiger partial charge in [0.2, 0.25) is 10.0 Å². The number of benzene rings is 3. The van der Waals surface area contributed by atoms with E-state index in [4.69, 9.17) is 21.1 Å². The molecule has 0 fully saturated rings. The van der Waals surface area contributed by atoms with Crippen molar-refractivity contribution in [3.8, 4) is 11.5 Å². The fourth-order valence-corrected chi connectivity index (χ4v) is 4.08. The highest BCUT2D eigenvalue weighted by atomic mass is 35.5. The highest BCUT2D eigenvalue weighted by molar-refractivity contribution is 7.92. The first-order chi connectivity index (χ1) is 16.3. The summed E-state index contributed by atoms with van der Waals surface area (Å²) in [5.41, 5.74) is 4.29. The molecule has 1 N–H and O–H groups in total. The topological polar surface area (TPSA) is 97.3 Å². The first-order valence-corrected chi connectivity index (χ1v) is 12.4. The van der Waals surface area contributed by atoms with Gasteiger partial charge in [-0.2, -0.15) is 5.10 Å². The maximum Gasteiger partial charge on any atom is 0.260 e. The van der Waals surface area contributed by atoms with Gasteiger partial charge in [0.1, 0.15) is 24.7 Å². The summed E-state index contributed by atoms with van der Waals surface area (Å²) in [6.07, 6.45) is 2.47. The lowest BCUT2D eigenvalue weighted by atomic mass is 10.2. The molecule has 0 radical (unpaired) electrons. The van der Waals surface area contributed by atoms with Crippen LogP contribution in [0.1, 0.15) is 11.1 Å². The van der Waals surface area contributed by atoms with Crippen molar-refractivity contribution >= 4 is 39.4 Å². The minimum absolute atomic E-state index is 0.264. The summed E-state index contributed by atoms with van der Waals surface area (Å²) in [5, 5.41) is 4.56. The van der Waals surface area contributed by atoms with Gasteiger partial charge in [-0.05, 0) is 59.7 Å². The number of sulfonamides is 1. The molecule has 0 aliphatic rings.